The Morgan fingerprint density at radius 2 is 2.23 bits per heavy atom. The number of carbonyl (C=O) groups excluding carboxylic acids is 1. The topological polar surface area (TPSA) is 89.0 Å². The fraction of sp³-hybridized carbons (Fsp3) is 0.316. The van der Waals surface area contributed by atoms with Crippen LogP contribution in [-0.2, 0) is 11.3 Å². The first-order valence-electron chi connectivity index (χ1n) is 8.73. The molecule has 1 saturated heterocycles. The molecule has 7 heteroatoms. The minimum atomic E-state index is -0.389. The monoisotopic (exact) mass is 352 g/mol. The predicted octanol–water partition coefficient (Wildman–Crippen LogP) is 2.00. The summed E-state index contributed by atoms with van der Waals surface area (Å²) >= 11 is 0. The fourth-order valence-corrected chi connectivity index (χ4v) is 3.46. The van der Waals surface area contributed by atoms with Crippen molar-refractivity contribution >= 4 is 16.8 Å². The van der Waals surface area contributed by atoms with Crippen molar-refractivity contribution in [1.29, 1.82) is 0 Å². The number of aryl methyl sites for hydroxylation is 1. The Hall–Kier alpha value is -2.93. The number of ether oxygens (including phenoxy) is 1. The van der Waals surface area contributed by atoms with Crippen molar-refractivity contribution in [3.8, 4) is 0 Å². The minimum absolute atomic E-state index is 0.110. The second kappa shape index (κ2) is 6.76. The van der Waals surface area contributed by atoms with Crippen LogP contribution in [-0.4, -0.2) is 33.3 Å². The lowest BCUT2D eigenvalue weighted by atomic mass is 10.1. The number of para-hydroxylation sites is 1. The number of carbonyl (C=O) groups is 1. The van der Waals surface area contributed by atoms with E-state index in [0.29, 0.717) is 23.9 Å². The summed E-state index contributed by atoms with van der Waals surface area (Å²) in [5.41, 5.74) is 1.48. The van der Waals surface area contributed by atoms with Gasteiger partial charge >= 0.3 is 0 Å². The van der Waals surface area contributed by atoms with Crippen molar-refractivity contribution < 1.29 is 9.53 Å². The molecule has 2 atom stereocenters. The van der Waals surface area contributed by atoms with Crippen LogP contribution in [0.25, 0.3) is 10.9 Å². The third-order valence-electron chi connectivity index (χ3n) is 4.78. The number of aromatic amines is 1. The van der Waals surface area contributed by atoms with Gasteiger partial charge in [-0.05, 0) is 31.5 Å². The van der Waals surface area contributed by atoms with Crippen LogP contribution in [0.3, 0.4) is 0 Å². The highest BCUT2D eigenvalue weighted by molar-refractivity contribution is 5.97. The summed E-state index contributed by atoms with van der Waals surface area (Å²) in [6.45, 7) is 3.29. The SMILES string of the molecule is CCn1nccc1[C@H]1OCC[C@@H]1NC(=O)c1c[nH]c2ccccc2c1=O. The summed E-state index contributed by atoms with van der Waals surface area (Å²) in [7, 11) is 0. The number of nitrogens with zero attached hydrogens (tertiary/aromatic N) is 2. The van der Waals surface area contributed by atoms with Crippen LogP contribution in [0.15, 0.2) is 47.5 Å². The van der Waals surface area contributed by atoms with E-state index in [1.807, 2.05) is 29.8 Å². The predicted molar refractivity (Wildman–Crippen MR) is 97.0 cm³/mol. The molecule has 134 valence electrons. The summed E-state index contributed by atoms with van der Waals surface area (Å²) in [4.78, 5) is 28.4. The zero-order valence-corrected chi connectivity index (χ0v) is 14.4. The van der Waals surface area contributed by atoms with Crippen molar-refractivity contribution in [2.24, 2.45) is 0 Å². The molecule has 1 aliphatic rings. The average Bonchev–Trinajstić information content (AvgIpc) is 3.30. The van der Waals surface area contributed by atoms with Gasteiger partial charge in [-0.2, -0.15) is 5.10 Å². The van der Waals surface area contributed by atoms with Crippen LogP contribution in [0.1, 0.15) is 35.5 Å². The van der Waals surface area contributed by atoms with E-state index in [2.05, 4.69) is 15.4 Å². The number of pyridine rings is 1. The van der Waals surface area contributed by atoms with E-state index < -0.39 is 0 Å². The Kier molecular flexibility index (Phi) is 4.30. The number of benzene rings is 1. The Morgan fingerprint density at radius 1 is 1.38 bits per heavy atom. The number of aromatic nitrogens is 3. The molecule has 7 nitrogen and oxygen atoms in total. The maximum Gasteiger partial charge on any atom is 0.257 e. The van der Waals surface area contributed by atoms with E-state index >= 15 is 0 Å². The number of amides is 1. The lowest BCUT2D eigenvalue weighted by Gasteiger charge is -2.20. The van der Waals surface area contributed by atoms with Crippen LogP contribution in [0.4, 0.5) is 0 Å². The molecule has 0 bridgehead atoms. The van der Waals surface area contributed by atoms with Gasteiger partial charge in [0.05, 0.1) is 11.7 Å². The van der Waals surface area contributed by atoms with Gasteiger partial charge in [0.1, 0.15) is 11.7 Å². The highest BCUT2D eigenvalue weighted by Crippen LogP contribution is 2.29. The molecule has 0 saturated carbocycles. The van der Waals surface area contributed by atoms with Crippen LogP contribution in [0.5, 0.6) is 0 Å². The Balaban J connectivity index is 1.60. The molecule has 2 N–H and O–H groups in total. The van der Waals surface area contributed by atoms with Crippen molar-refractivity contribution in [2.45, 2.75) is 32.0 Å². The van der Waals surface area contributed by atoms with Crippen molar-refractivity contribution in [3.63, 3.8) is 0 Å². The van der Waals surface area contributed by atoms with Gasteiger partial charge in [0.15, 0.2) is 0 Å². The van der Waals surface area contributed by atoms with Crippen LogP contribution in [0, 0.1) is 0 Å². The van der Waals surface area contributed by atoms with Crippen molar-refractivity contribution in [3.05, 3.63) is 64.2 Å². The van der Waals surface area contributed by atoms with Gasteiger partial charge in [-0.1, -0.05) is 12.1 Å². The van der Waals surface area contributed by atoms with Gasteiger partial charge in [-0.25, -0.2) is 0 Å². The van der Waals surface area contributed by atoms with Gasteiger partial charge in [-0.3, -0.25) is 14.3 Å². The second-order valence-electron chi connectivity index (χ2n) is 6.31. The van der Waals surface area contributed by atoms with Gasteiger partial charge < -0.3 is 15.0 Å². The zero-order valence-electron chi connectivity index (χ0n) is 14.4. The zero-order chi connectivity index (χ0) is 18.1. The standard InChI is InChI=1S/C19H20N4O3/c1-2-23-16(7-9-21-23)18-15(8-10-26-18)22-19(25)13-11-20-14-6-4-3-5-12(14)17(13)24/h3-7,9,11,15,18H,2,8,10H2,1H3,(H,20,24)(H,22,25)/t15-,18-/m0/s1. The van der Waals surface area contributed by atoms with Crippen molar-refractivity contribution in [2.75, 3.05) is 6.61 Å². The number of H-pyrrole nitrogens is 1. The quantitative estimate of drug-likeness (QED) is 0.752. The summed E-state index contributed by atoms with van der Waals surface area (Å²) in [6.07, 6.45) is 3.63. The highest BCUT2D eigenvalue weighted by Gasteiger charge is 2.33. The first-order chi connectivity index (χ1) is 12.7. The lowest BCUT2D eigenvalue weighted by molar-refractivity contribution is 0.0788. The average molecular weight is 352 g/mol. The molecule has 1 aliphatic heterocycles. The first kappa shape index (κ1) is 16.5. The summed E-state index contributed by atoms with van der Waals surface area (Å²) < 4.78 is 7.69. The molecule has 0 aliphatic carbocycles. The Morgan fingerprint density at radius 3 is 3.08 bits per heavy atom. The van der Waals surface area contributed by atoms with E-state index in [9.17, 15) is 9.59 Å². The molecule has 3 aromatic rings. The van der Waals surface area contributed by atoms with Gasteiger partial charge in [0.2, 0.25) is 5.43 Å². The molecule has 1 fully saturated rings. The largest absolute Gasteiger partial charge is 0.370 e. The molecular weight excluding hydrogens is 332 g/mol. The summed E-state index contributed by atoms with van der Waals surface area (Å²) in [5, 5.41) is 7.74. The van der Waals surface area contributed by atoms with Gasteiger partial charge in [-0.15, -0.1) is 0 Å². The second-order valence-corrected chi connectivity index (χ2v) is 6.31. The molecule has 2 aromatic heterocycles. The molecule has 3 heterocycles. The first-order valence-corrected chi connectivity index (χ1v) is 8.73. The van der Waals surface area contributed by atoms with Crippen LogP contribution < -0.4 is 10.7 Å². The third kappa shape index (κ3) is 2.80. The molecule has 26 heavy (non-hydrogen) atoms. The Bertz CT molecular complexity index is 1010. The highest BCUT2D eigenvalue weighted by atomic mass is 16.5. The lowest BCUT2D eigenvalue weighted by Crippen LogP contribution is -2.39. The van der Waals surface area contributed by atoms with E-state index in [0.717, 1.165) is 12.2 Å². The maximum absolute atomic E-state index is 12.7. The molecule has 1 aromatic carbocycles. The van der Waals surface area contributed by atoms with Crippen LogP contribution in [0.2, 0.25) is 0 Å². The number of hydrogen-bond acceptors (Lipinski definition) is 4. The Labute approximate surface area is 150 Å². The van der Waals surface area contributed by atoms with Gasteiger partial charge in [0.25, 0.3) is 5.91 Å². The molecule has 4 rings (SSSR count). The molecule has 0 radical (unpaired) electrons. The normalized spacial score (nSPS) is 19.7. The number of hydrogen-bond donors (Lipinski definition) is 2. The molecule has 1 amide bonds. The number of fused-ring (bicyclic) bond motifs is 1. The van der Waals surface area contributed by atoms with E-state index in [4.69, 9.17) is 4.74 Å². The maximum atomic E-state index is 12.7. The van der Waals surface area contributed by atoms with Gasteiger partial charge in [0, 0.05) is 36.4 Å². The minimum Gasteiger partial charge on any atom is -0.370 e. The number of nitrogens with one attached hydrogen (secondary N) is 2. The molecule has 0 unspecified atom stereocenters. The van der Waals surface area contributed by atoms with E-state index in [1.165, 1.54) is 6.20 Å². The van der Waals surface area contributed by atoms with Crippen LogP contribution >= 0.6 is 0 Å². The summed E-state index contributed by atoms with van der Waals surface area (Å²) in [5.74, 6) is -0.389. The third-order valence-corrected chi connectivity index (χ3v) is 4.78. The fourth-order valence-electron chi connectivity index (χ4n) is 3.46. The van der Waals surface area contributed by atoms with Crippen molar-refractivity contribution in [1.82, 2.24) is 20.1 Å². The van der Waals surface area contributed by atoms with E-state index in [-0.39, 0.29) is 29.0 Å². The smallest absolute Gasteiger partial charge is 0.257 e. The molecular formula is C19H20N4O3. The summed E-state index contributed by atoms with van der Waals surface area (Å²) in [6, 6.07) is 8.86. The number of rotatable bonds is 4. The van der Waals surface area contributed by atoms with E-state index in [1.54, 1.807) is 18.3 Å². The molecule has 0 spiro atoms.